The third-order valence-corrected chi connectivity index (χ3v) is 3.08. The van der Waals surface area contributed by atoms with Gasteiger partial charge in [0.1, 0.15) is 0 Å². The molecule has 0 fully saturated rings. The number of nitrogens with zero attached hydrogens (tertiary/aromatic N) is 2. The summed E-state index contributed by atoms with van der Waals surface area (Å²) in [6.07, 6.45) is 5.56. The van der Waals surface area contributed by atoms with E-state index in [1.54, 1.807) is 23.0 Å². The third-order valence-electron chi connectivity index (χ3n) is 2.84. The lowest BCUT2D eigenvalue weighted by Gasteiger charge is -2.11. The van der Waals surface area contributed by atoms with Gasteiger partial charge in [0.2, 0.25) is 5.91 Å². The van der Waals surface area contributed by atoms with Crippen molar-refractivity contribution < 1.29 is 4.79 Å². The molecule has 0 unspecified atom stereocenters. The predicted octanol–water partition coefficient (Wildman–Crippen LogP) is 2.59. The Kier molecular flexibility index (Phi) is 5.15. The Morgan fingerprint density at radius 3 is 2.95 bits per heavy atom. The molecule has 0 radical (unpaired) electrons. The van der Waals surface area contributed by atoms with Gasteiger partial charge in [0.25, 0.3) is 0 Å². The van der Waals surface area contributed by atoms with Crippen molar-refractivity contribution in [2.75, 3.05) is 11.9 Å². The molecule has 1 aromatic carbocycles. The van der Waals surface area contributed by atoms with Gasteiger partial charge in [0.15, 0.2) is 0 Å². The van der Waals surface area contributed by atoms with Crippen molar-refractivity contribution >= 4 is 23.2 Å². The quantitative estimate of drug-likeness (QED) is 0.804. The molecule has 0 atom stereocenters. The average molecular weight is 293 g/mol. The van der Waals surface area contributed by atoms with Gasteiger partial charge in [-0.15, -0.1) is 0 Å². The normalized spacial score (nSPS) is 10.5. The van der Waals surface area contributed by atoms with E-state index in [2.05, 4.69) is 10.4 Å². The van der Waals surface area contributed by atoms with Gasteiger partial charge >= 0.3 is 0 Å². The van der Waals surface area contributed by atoms with E-state index in [9.17, 15) is 4.79 Å². The van der Waals surface area contributed by atoms with Crippen LogP contribution in [0, 0.1) is 0 Å². The van der Waals surface area contributed by atoms with Crippen LogP contribution in [0.2, 0.25) is 5.02 Å². The van der Waals surface area contributed by atoms with Crippen LogP contribution in [0.4, 0.5) is 5.69 Å². The second kappa shape index (κ2) is 7.07. The summed E-state index contributed by atoms with van der Waals surface area (Å²) in [7, 11) is 0. The maximum Gasteiger partial charge on any atom is 0.224 e. The van der Waals surface area contributed by atoms with Gasteiger partial charge in [0, 0.05) is 23.8 Å². The minimum atomic E-state index is -0.0471. The zero-order chi connectivity index (χ0) is 14.4. The second-order valence-corrected chi connectivity index (χ2v) is 4.84. The zero-order valence-electron chi connectivity index (χ0n) is 11.1. The summed E-state index contributed by atoms with van der Waals surface area (Å²) < 4.78 is 1.69. The summed E-state index contributed by atoms with van der Waals surface area (Å²) in [6, 6.07) is 7.13. The minimum Gasteiger partial charge on any atom is -0.330 e. The molecule has 1 aromatic heterocycles. The van der Waals surface area contributed by atoms with E-state index < -0.39 is 0 Å². The van der Waals surface area contributed by atoms with E-state index >= 15 is 0 Å². The molecule has 0 spiro atoms. The smallest absolute Gasteiger partial charge is 0.224 e. The maximum absolute atomic E-state index is 11.9. The van der Waals surface area contributed by atoms with Gasteiger partial charge in [-0.25, -0.2) is 4.68 Å². The number of carbonyl (C=O) groups excluding carboxylic acids is 1. The number of aromatic nitrogens is 2. The van der Waals surface area contributed by atoms with Crippen LogP contribution in [0.3, 0.4) is 0 Å². The highest BCUT2D eigenvalue weighted by atomic mass is 35.5. The van der Waals surface area contributed by atoms with Crippen LogP contribution in [0.1, 0.15) is 19.3 Å². The van der Waals surface area contributed by atoms with E-state index in [1.807, 2.05) is 18.3 Å². The standard InChI is InChI=1S/C14H17ClN4O/c15-11-5-6-13(19-9-3-8-17-19)12(10-11)18-14(20)4-1-2-7-16/h3,5-6,8-10H,1-2,4,7,16H2,(H,18,20). The summed E-state index contributed by atoms with van der Waals surface area (Å²) in [5.74, 6) is -0.0471. The van der Waals surface area contributed by atoms with E-state index in [0.717, 1.165) is 18.5 Å². The van der Waals surface area contributed by atoms with Gasteiger partial charge in [-0.2, -0.15) is 5.10 Å². The number of unbranched alkanes of at least 4 members (excludes halogenated alkanes) is 1. The lowest BCUT2D eigenvalue weighted by molar-refractivity contribution is -0.116. The van der Waals surface area contributed by atoms with Crippen LogP contribution >= 0.6 is 11.6 Å². The van der Waals surface area contributed by atoms with Crippen LogP contribution in [-0.4, -0.2) is 22.2 Å². The highest BCUT2D eigenvalue weighted by Crippen LogP contribution is 2.24. The topological polar surface area (TPSA) is 72.9 Å². The minimum absolute atomic E-state index is 0.0471. The first-order chi connectivity index (χ1) is 9.70. The summed E-state index contributed by atoms with van der Waals surface area (Å²) in [6.45, 7) is 0.600. The zero-order valence-corrected chi connectivity index (χ0v) is 11.8. The fraction of sp³-hybridized carbons (Fsp3) is 0.286. The van der Waals surface area contributed by atoms with Gasteiger partial charge < -0.3 is 11.1 Å². The lowest BCUT2D eigenvalue weighted by Crippen LogP contribution is -2.14. The van der Waals surface area contributed by atoms with Crippen molar-refractivity contribution in [2.45, 2.75) is 19.3 Å². The molecule has 106 valence electrons. The number of amides is 1. The molecule has 1 amide bonds. The molecule has 1 heterocycles. The molecule has 2 rings (SSSR count). The monoisotopic (exact) mass is 292 g/mol. The van der Waals surface area contributed by atoms with Crippen molar-refractivity contribution in [2.24, 2.45) is 5.73 Å². The molecule has 0 saturated carbocycles. The first kappa shape index (κ1) is 14.6. The summed E-state index contributed by atoms with van der Waals surface area (Å²) >= 11 is 5.99. The van der Waals surface area contributed by atoms with Crippen LogP contribution in [0.15, 0.2) is 36.7 Å². The van der Waals surface area contributed by atoms with E-state index in [-0.39, 0.29) is 5.91 Å². The molecule has 20 heavy (non-hydrogen) atoms. The highest BCUT2D eigenvalue weighted by Gasteiger charge is 2.09. The number of rotatable bonds is 6. The fourth-order valence-corrected chi connectivity index (χ4v) is 2.03. The number of nitrogens with two attached hydrogens (primary N) is 1. The molecule has 0 aliphatic carbocycles. The molecule has 0 aliphatic heterocycles. The van der Waals surface area contributed by atoms with Crippen molar-refractivity contribution in [3.63, 3.8) is 0 Å². The predicted molar refractivity (Wildman–Crippen MR) is 80.1 cm³/mol. The average Bonchev–Trinajstić information content (AvgIpc) is 2.93. The number of hydrogen-bond donors (Lipinski definition) is 2. The van der Waals surface area contributed by atoms with E-state index in [0.29, 0.717) is 23.7 Å². The van der Waals surface area contributed by atoms with Gasteiger partial charge in [-0.05, 0) is 43.7 Å². The van der Waals surface area contributed by atoms with Gasteiger partial charge in [-0.1, -0.05) is 11.6 Å². The lowest BCUT2D eigenvalue weighted by atomic mass is 10.2. The summed E-state index contributed by atoms with van der Waals surface area (Å²) in [5, 5.41) is 7.61. The Morgan fingerprint density at radius 1 is 1.40 bits per heavy atom. The van der Waals surface area contributed by atoms with Gasteiger partial charge in [0.05, 0.1) is 11.4 Å². The molecular formula is C14H17ClN4O. The van der Waals surface area contributed by atoms with Crippen molar-refractivity contribution in [1.29, 1.82) is 0 Å². The van der Waals surface area contributed by atoms with Gasteiger partial charge in [-0.3, -0.25) is 4.79 Å². The van der Waals surface area contributed by atoms with E-state index in [1.165, 1.54) is 0 Å². The molecule has 0 aliphatic rings. The molecule has 5 nitrogen and oxygen atoms in total. The maximum atomic E-state index is 11.9. The summed E-state index contributed by atoms with van der Waals surface area (Å²) in [5.41, 5.74) is 6.85. The number of anilines is 1. The number of benzene rings is 1. The second-order valence-electron chi connectivity index (χ2n) is 4.41. The Morgan fingerprint density at radius 2 is 2.25 bits per heavy atom. The molecule has 0 bridgehead atoms. The number of hydrogen-bond acceptors (Lipinski definition) is 3. The molecule has 2 aromatic rings. The molecule has 0 saturated heterocycles. The van der Waals surface area contributed by atoms with Crippen LogP contribution in [0.25, 0.3) is 5.69 Å². The number of halogens is 1. The van der Waals surface area contributed by atoms with Crippen LogP contribution in [0.5, 0.6) is 0 Å². The molecular weight excluding hydrogens is 276 g/mol. The first-order valence-corrected chi connectivity index (χ1v) is 6.88. The highest BCUT2D eigenvalue weighted by molar-refractivity contribution is 6.31. The van der Waals surface area contributed by atoms with Crippen molar-refractivity contribution in [3.8, 4) is 5.69 Å². The summed E-state index contributed by atoms with van der Waals surface area (Å²) in [4.78, 5) is 11.9. The van der Waals surface area contributed by atoms with Crippen molar-refractivity contribution in [1.82, 2.24) is 9.78 Å². The SMILES string of the molecule is NCCCCC(=O)Nc1cc(Cl)ccc1-n1cccn1. The molecule has 3 N–H and O–H groups in total. The number of carbonyl (C=O) groups is 1. The fourth-order valence-electron chi connectivity index (χ4n) is 1.86. The number of nitrogens with one attached hydrogen (secondary N) is 1. The third kappa shape index (κ3) is 3.82. The van der Waals surface area contributed by atoms with Crippen molar-refractivity contribution in [3.05, 3.63) is 41.7 Å². The Balaban J connectivity index is 2.14. The molecule has 6 heteroatoms. The largest absolute Gasteiger partial charge is 0.330 e. The Labute approximate surface area is 122 Å². The van der Waals surface area contributed by atoms with E-state index in [4.69, 9.17) is 17.3 Å². The first-order valence-electron chi connectivity index (χ1n) is 6.50. The Hall–Kier alpha value is -1.85. The Bertz CT molecular complexity index is 569. The van der Waals surface area contributed by atoms with Crippen LogP contribution in [-0.2, 0) is 4.79 Å². The van der Waals surface area contributed by atoms with Crippen LogP contribution < -0.4 is 11.1 Å².